The van der Waals surface area contributed by atoms with Gasteiger partial charge in [-0.1, -0.05) is 12.1 Å². The first-order valence-electron chi connectivity index (χ1n) is 5.46. The number of ether oxygens (including phenoxy) is 1. The summed E-state index contributed by atoms with van der Waals surface area (Å²) < 4.78 is 5.42. The van der Waals surface area contributed by atoms with Gasteiger partial charge in [-0.2, -0.15) is 0 Å². The summed E-state index contributed by atoms with van der Waals surface area (Å²) in [4.78, 5) is 10.7. The number of benzene rings is 1. The van der Waals surface area contributed by atoms with Crippen molar-refractivity contribution in [2.45, 2.75) is 25.3 Å². The Balaban J connectivity index is 2.06. The molecule has 0 aromatic heterocycles. The molecule has 1 aliphatic heterocycles. The quantitative estimate of drug-likeness (QED) is 0.790. The number of carbonyl (C=O) groups is 1. The molecule has 1 atom stereocenters. The molecule has 1 unspecified atom stereocenters. The number of primary amides is 1. The predicted octanol–water partition coefficient (Wildman–Crippen LogP) is 0.887. The van der Waals surface area contributed by atoms with Crippen molar-refractivity contribution in [3.63, 3.8) is 0 Å². The van der Waals surface area contributed by atoms with Gasteiger partial charge < -0.3 is 16.2 Å². The summed E-state index contributed by atoms with van der Waals surface area (Å²) in [5.41, 5.74) is 13.3. The van der Waals surface area contributed by atoms with Gasteiger partial charge in [0.2, 0.25) is 5.91 Å². The van der Waals surface area contributed by atoms with E-state index in [1.807, 2.05) is 12.1 Å². The summed E-state index contributed by atoms with van der Waals surface area (Å²) in [6, 6.07) is 5.84. The Labute approximate surface area is 94.6 Å². The van der Waals surface area contributed by atoms with Crippen LogP contribution in [0, 0.1) is 0 Å². The lowest BCUT2D eigenvalue weighted by Crippen LogP contribution is -2.16. The van der Waals surface area contributed by atoms with E-state index in [4.69, 9.17) is 16.2 Å². The molecule has 1 heterocycles. The van der Waals surface area contributed by atoms with E-state index in [1.165, 1.54) is 5.56 Å². The number of nitrogens with two attached hydrogens (primary N) is 2. The first kappa shape index (κ1) is 11.0. The lowest BCUT2D eigenvalue weighted by Gasteiger charge is -2.11. The molecule has 1 aromatic rings. The van der Waals surface area contributed by atoms with Crippen LogP contribution in [0.25, 0.3) is 0 Å². The molecule has 0 saturated heterocycles. The van der Waals surface area contributed by atoms with Crippen LogP contribution in [-0.2, 0) is 11.2 Å². The monoisotopic (exact) mass is 220 g/mol. The molecular weight excluding hydrogens is 204 g/mol. The standard InChI is InChI=1S/C12H16N2O2/c13-10(2-4-12(14)15)8-1-3-11-9(7-8)5-6-16-11/h1,3,7,10H,2,4-6,13H2,(H2,14,15). The average molecular weight is 220 g/mol. The Morgan fingerprint density at radius 2 is 2.31 bits per heavy atom. The van der Waals surface area contributed by atoms with Crippen molar-refractivity contribution < 1.29 is 9.53 Å². The molecule has 0 bridgehead atoms. The zero-order chi connectivity index (χ0) is 11.5. The smallest absolute Gasteiger partial charge is 0.217 e. The van der Waals surface area contributed by atoms with Crippen molar-refractivity contribution in [1.82, 2.24) is 0 Å². The molecule has 4 nitrogen and oxygen atoms in total. The third-order valence-corrected chi connectivity index (χ3v) is 2.84. The van der Waals surface area contributed by atoms with Crippen molar-refractivity contribution in [2.24, 2.45) is 11.5 Å². The van der Waals surface area contributed by atoms with Crippen LogP contribution in [0.15, 0.2) is 18.2 Å². The fraction of sp³-hybridized carbons (Fsp3) is 0.417. The summed E-state index contributed by atoms with van der Waals surface area (Å²) in [6.45, 7) is 0.745. The van der Waals surface area contributed by atoms with Gasteiger partial charge in [-0.25, -0.2) is 0 Å². The van der Waals surface area contributed by atoms with E-state index in [-0.39, 0.29) is 11.9 Å². The van der Waals surface area contributed by atoms with Gasteiger partial charge in [-0.05, 0) is 23.6 Å². The number of hydrogen-bond acceptors (Lipinski definition) is 3. The van der Waals surface area contributed by atoms with E-state index < -0.39 is 0 Å². The topological polar surface area (TPSA) is 78.3 Å². The summed E-state index contributed by atoms with van der Waals surface area (Å²) in [6.07, 6.45) is 1.86. The van der Waals surface area contributed by atoms with Crippen molar-refractivity contribution >= 4 is 5.91 Å². The minimum Gasteiger partial charge on any atom is -0.493 e. The molecule has 86 valence electrons. The molecule has 1 amide bonds. The van der Waals surface area contributed by atoms with Crippen LogP contribution in [0.2, 0.25) is 0 Å². The molecule has 0 fully saturated rings. The van der Waals surface area contributed by atoms with Crippen LogP contribution in [0.3, 0.4) is 0 Å². The number of amides is 1. The Morgan fingerprint density at radius 1 is 1.50 bits per heavy atom. The molecule has 4 N–H and O–H groups in total. The molecular formula is C12H16N2O2. The normalized spacial score (nSPS) is 15.3. The molecule has 1 aromatic carbocycles. The maximum atomic E-state index is 10.7. The van der Waals surface area contributed by atoms with Crippen molar-refractivity contribution in [3.8, 4) is 5.75 Å². The third-order valence-electron chi connectivity index (χ3n) is 2.84. The summed E-state index contributed by atoms with van der Waals surface area (Å²) in [5, 5.41) is 0. The molecule has 2 rings (SSSR count). The molecule has 1 aliphatic rings. The van der Waals surface area contributed by atoms with Crippen molar-refractivity contribution in [2.75, 3.05) is 6.61 Å². The van der Waals surface area contributed by atoms with Gasteiger partial charge in [0, 0.05) is 18.9 Å². The third kappa shape index (κ3) is 2.33. The van der Waals surface area contributed by atoms with Gasteiger partial charge in [0.05, 0.1) is 6.61 Å². The lowest BCUT2D eigenvalue weighted by atomic mass is 10.00. The first-order chi connectivity index (χ1) is 7.66. The largest absolute Gasteiger partial charge is 0.493 e. The molecule has 16 heavy (non-hydrogen) atoms. The van der Waals surface area contributed by atoms with E-state index in [1.54, 1.807) is 0 Å². The molecule has 0 saturated carbocycles. The zero-order valence-electron chi connectivity index (χ0n) is 9.11. The van der Waals surface area contributed by atoms with Gasteiger partial charge in [0.15, 0.2) is 0 Å². The highest BCUT2D eigenvalue weighted by Gasteiger charge is 2.15. The van der Waals surface area contributed by atoms with Gasteiger partial charge in [-0.3, -0.25) is 4.79 Å². The molecule has 0 aliphatic carbocycles. The Morgan fingerprint density at radius 3 is 3.06 bits per heavy atom. The van der Waals surface area contributed by atoms with Crippen LogP contribution >= 0.6 is 0 Å². The summed E-state index contributed by atoms with van der Waals surface area (Å²) >= 11 is 0. The molecule has 0 spiro atoms. The van der Waals surface area contributed by atoms with Gasteiger partial charge in [-0.15, -0.1) is 0 Å². The fourth-order valence-corrected chi connectivity index (χ4v) is 1.90. The summed E-state index contributed by atoms with van der Waals surface area (Å²) in [5.74, 6) is 0.644. The highest BCUT2D eigenvalue weighted by atomic mass is 16.5. The SMILES string of the molecule is NC(=O)CCC(N)c1ccc2c(c1)CCO2. The first-order valence-corrected chi connectivity index (χ1v) is 5.46. The molecule has 4 heteroatoms. The number of fused-ring (bicyclic) bond motifs is 1. The minimum atomic E-state index is -0.306. The van der Waals surface area contributed by atoms with Crippen molar-refractivity contribution in [1.29, 1.82) is 0 Å². The van der Waals surface area contributed by atoms with Gasteiger partial charge in [0.1, 0.15) is 5.75 Å². The minimum absolute atomic E-state index is 0.126. The van der Waals surface area contributed by atoms with Crippen LogP contribution in [-0.4, -0.2) is 12.5 Å². The van der Waals surface area contributed by atoms with Crippen LogP contribution in [0.5, 0.6) is 5.75 Å². The van der Waals surface area contributed by atoms with Gasteiger partial charge >= 0.3 is 0 Å². The number of rotatable bonds is 4. The maximum Gasteiger partial charge on any atom is 0.217 e. The highest BCUT2D eigenvalue weighted by molar-refractivity contribution is 5.73. The summed E-state index contributed by atoms with van der Waals surface area (Å²) in [7, 11) is 0. The van der Waals surface area contributed by atoms with Crippen LogP contribution < -0.4 is 16.2 Å². The van der Waals surface area contributed by atoms with E-state index in [0.717, 1.165) is 24.3 Å². The van der Waals surface area contributed by atoms with Crippen molar-refractivity contribution in [3.05, 3.63) is 29.3 Å². The van der Waals surface area contributed by atoms with Crippen LogP contribution in [0.4, 0.5) is 0 Å². The number of hydrogen-bond donors (Lipinski definition) is 2. The van der Waals surface area contributed by atoms with E-state index in [0.29, 0.717) is 12.8 Å². The van der Waals surface area contributed by atoms with Gasteiger partial charge in [0.25, 0.3) is 0 Å². The average Bonchev–Trinajstić information content (AvgIpc) is 2.72. The zero-order valence-corrected chi connectivity index (χ0v) is 9.11. The second kappa shape index (κ2) is 4.53. The Kier molecular flexibility index (Phi) is 3.10. The second-order valence-electron chi connectivity index (χ2n) is 4.08. The second-order valence-corrected chi connectivity index (χ2v) is 4.08. The van der Waals surface area contributed by atoms with E-state index >= 15 is 0 Å². The molecule has 0 radical (unpaired) electrons. The lowest BCUT2D eigenvalue weighted by molar-refractivity contribution is -0.118. The Hall–Kier alpha value is -1.55. The van der Waals surface area contributed by atoms with Crippen LogP contribution in [0.1, 0.15) is 30.0 Å². The highest BCUT2D eigenvalue weighted by Crippen LogP contribution is 2.28. The maximum absolute atomic E-state index is 10.7. The predicted molar refractivity (Wildman–Crippen MR) is 61.0 cm³/mol. The van der Waals surface area contributed by atoms with E-state index in [9.17, 15) is 4.79 Å². The Bertz CT molecular complexity index is 404. The number of carbonyl (C=O) groups excluding carboxylic acids is 1. The van der Waals surface area contributed by atoms with E-state index in [2.05, 4.69) is 6.07 Å². The fourth-order valence-electron chi connectivity index (χ4n) is 1.90.